The highest BCUT2D eigenvalue weighted by Crippen LogP contribution is 2.17. The van der Waals surface area contributed by atoms with E-state index in [2.05, 4.69) is 5.32 Å². The van der Waals surface area contributed by atoms with Crippen molar-refractivity contribution in [3.63, 3.8) is 0 Å². The number of nitrogens with one attached hydrogen (secondary N) is 1. The van der Waals surface area contributed by atoms with Crippen molar-refractivity contribution in [2.45, 2.75) is 19.1 Å². The molecule has 4 heteroatoms. The Balaban J connectivity index is 1.89. The average molecular weight is 304 g/mol. The first-order chi connectivity index (χ1) is 10.3. The summed E-state index contributed by atoms with van der Waals surface area (Å²) in [4.78, 5) is 11.9. The molecule has 110 valence electrons. The van der Waals surface area contributed by atoms with Gasteiger partial charge >= 0.3 is 6.09 Å². The van der Waals surface area contributed by atoms with Gasteiger partial charge < -0.3 is 10.1 Å². The van der Waals surface area contributed by atoms with Crippen molar-refractivity contribution >= 4 is 17.7 Å². The van der Waals surface area contributed by atoms with Crippen molar-refractivity contribution in [1.82, 2.24) is 5.32 Å². The van der Waals surface area contributed by atoms with Crippen molar-refractivity contribution in [1.29, 1.82) is 0 Å². The highest BCUT2D eigenvalue weighted by molar-refractivity contribution is 6.17. The van der Waals surface area contributed by atoms with Crippen LogP contribution in [0.1, 0.15) is 23.6 Å². The fraction of sp³-hybridized carbons (Fsp3) is 0.235. The third-order valence-corrected chi connectivity index (χ3v) is 3.32. The Labute approximate surface area is 129 Å². The van der Waals surface area contributed by atoms with Crippen LogP contribution in [0.4, 0.5) is 4.79 Å². The van der Waals surface area contributed by atoms with Crippen molar-refractivity contribution < 1.29 is 9.53 Å². The molecule has 1 N–H and O–H groups in total. The molecule has 2 aromatic rings. The molecule has 0 fully saturated rings. The minimum atomic E-state index is -0.433. The summed E-state index contributed by atoms with van der Waals surface area (Å²) in [5, 5.41) is 2.86. The van der Waals surface area contributed by atoms with Crippen LogP contribution >= 0.6 is 11.6 Å². The number of halogens is 1. The van der Waals surface area contributed by atoms with E-state index in [1.807, 2.05) is 60.7 Å². The van der Waals surface area contributed by atoms with Gasteiger partial charge in [0.15, 0.2) is 0 Å². The summed E-state index contributed by atoms with van der Waals surface area (Å²) in [5.74, 6) is 0.471. The maximum absolute atomic E-state index is 11.9. The second-order valence-electron chi connectivity index (χ2n) is 4.65. The predicted octanol–water partition coefficient (Wildman–Crippen LogP) is 4.28. The van der Waals surface area contributed by atoms with Gasteiger partial charge in [0.05, 0.1) is 6.04 Å². The lowest BCUT2D eigenvalue weighted by atomic mass is 10.1. The molecule has 2 rings (SSSR count). The number of carbonyl (C=O) groups excluding carboxylic acids is 1. The Morgan fingerprint density at radius 2 is 1.67 bits per heavy atom. The summed E-state index contributed by atoms with van der Waals surface area (Å²) in [5.41, 5.74) is 1.98. The SMILES string of the molecule is O=C(N[C@@H](CCCl)c1ccccc1)OCc1ccccc1. The minimum Gasteiger partial charge on any atom is -0.445 e. The molecule has 1 atom stereocenters. The molecule has 0 saturated heterocycles. The van der Waals surface area contributed by atoms with E-state index in [0.717, 1.165) is 11.1 Å². The van der Waals surface area contributed by atoms with Crippen LogP contribution in [0, 0.1) is 0 Å². The highest BCUT2D eigenvalue weighted by atomic mass is 35.5. The van der Waals surface area contributed by atoms with Crippen LogP contribution in [0.2, 0.25) is 0 Å². The van der Waals surface area contributed by atoms with E-state index in [4.69, 9.17) is 16.3 Å². The van der Waals surface area contributed by atoms with E-state index in [0.29, 0.717) is 12.3 Å². The quantitative estimate of drug-likeness (QED) is 0.809. The third-order valence-electron chi connectivity index (χ3n) is 3.10. The summed E-state index contributed by atoms with van der Waals surface area (Å²) < 4.78 is 5.23. The molecule has 0 aliphatic heterocycles. The normalized spacial score (nSPS) is 11.7. The number of alkyl carbamates (subject to hydrolysis) is 1. The third kappa shape index (κ3) is 5.12. The van der Waals surface area contributed by atoms with Crippen molar-refractivity contribution in [3.8, 4) is 0 Å². The van der Waals surface area contributed by atoms with Crippen LogP contribution in [0.5, 0.6) is 0 Å². The molecule has 0 aliphatic rings. The lowest BCUT2D eigenvalue weighted by Gasteiger charge is -2.18. The zero-order valence-electron chi connectivity index (χ0n) is 11.7. The number of amides is 1. The van der Waals surface area contributed by atoms with Gasteiger partial charge in [-0.25, -0.2) is 4.79 Å². The average Bonchev–Trinajstić information content (AvgIpc) is 2.54. The first-order valence-electron chi connectivity index (χ1n) is 6.87. The number of ether oxygens (including phenoxy) is 1. The number of carbonyl (C=O) groups is 1. The minimum absolute atomic E-state index is 0.132. The second-order valence-corrected chi connectivity index (χ2v) is 5.02. The summed E-state index contributed by atoms with van der Waals surface area (Å²) in [6.45, 7) is 0.259. The lowest BCUT2D eigenvalue weighted by Crippen LogP contribution is -2.29. The topological polar surface area (TPSA) is 38.3 Å². The summed E-state index contributed by atoms with van der Waals surface area (Å²) >= 11 is 5.81. The van der Waals surface area contributed by atoms with Gasteiger partial charge in [0.2, 0.25) is 0 Å². The van der Waals surface area contributed by atoms with Crippen molar-refractivity contribution in [2.75, 3.05) is 5.88 Å². The maximum Gasteiger partial charge on any atom is 0.407 e. The maximum atomic E-state index is 11.9. The fourth-order valence-corrected chi connectivity index (χ4v) is 2.24. The number of rotatable bonds is 6. The molecule has 2 aromatic carbocycles. The standard InChI is InChI=1S/C17H18ClNO2/c18-12-11-16(15-9-5-2-6-10-15)19-17(20)21-13-14-7-3-1-4-8-14/h1-10,16H,11-13H2,(H,19,20)/t16-/m0/s1. The van der Waals surface area contributed by atoms with E-state index in [1.54, 1.807) is 0 Å². The molecular weight excluding hydrogens is 286 g/mol. The van der Waals surface area contributed by atoms with Gasteiger partial charge in [0, 0.05) is 5.88 Å². The van der Waals surface area contributed by atoms with Gasteiger partial charge in [-0.05, 0) is 17.5 Å². The summed E-state index contributed by atoms with van der Waals surface area (Å²) in [6.07, 6.45) is 0.226. The second kappa shape index (κ2) is 8.32. The Morgan fingerprint density at radius 3 is 2.29 bits per heavy atom. The van der Waals surface area contributed by atoms with Crippen molar-refractivity contribution in [3.05, 3.63) is 71.8 Å². The molecule has 0 saturated carbocycles. The van der Waals surface area contributed by atoms with E-state index < -0.39 is 6.09 Å². The largest absolute Gasteiger partial charge is 0.445 e. The smallest absolute Gasteiger partial charge is 0.407 e. The van der Waals surface area contributed by atoms with Crippen LogP contribution in [0.25, 0.3) is 0 Å². The van der Waals surface area contributed by atoms with E-state index in [1.165, 1.54) is 0 Å². The van der Waals surface area contributed by atoms with Crippen molar-refractivity contribution in [2.24, 2.45) is 0 Å². The molecule has 0 spiro atoms. The van der Waals surface area contributed by atoms with Gasteiger partial charge in [0.25, 0.3) is 0 Å². The molecule has 0 radical (unpaired) electrons. The van der Waals surface area contributed by atoms with E-state index in [-0.39, 0.29) is 12.6 Å². The molecular formula is C17H18ClNO2. The summed E-state index contributed by atoms with van der Waals surface area (Å²) in [7, 11) is 0. The number of hydrogen-bond acceptors (Lipinski definition) is 2. The number of benzene rings is 2. The van der Waals surface area contributed by atoms with Crippen LogP contribution in [-0.2, 0) is 11.3 Å². The molecule has 0 aromatic heterocycles. The van der Waals surface area contributed by atoms with Gasteiger partial charge in [-0.2, -0.15) is 0 Å². The molecule has 0 aliphatic carbocycles. The van der Waals surface area contributed by atoms with Crippen LogP contribution < -0.4 is 5.32 Å². The Bertz CT molecular complexity index is 545. The molecule has 1 amide bonds. The van der Waals surface area contributed by atoms with Gasteiger partial charge in [-0.1, -0.05) is 60.7 Å². The van der Waals surface area contributed by atoms with Crippen LogP contribution in [0.3, 0.4) is 0 Å². The van der Waals surface area contributed by atoms with Gasteiger partial charge in [-0.3, -0.25) is 0 Å². The van der Waals surface area contributed by atoms with Crippen LogP contribution in [-0.4, -0.2) is 12.0 Å². The number of hydrogen-bond donors (Lipinski definition) is 1. The molecule has 0 bridgehead atoms. The van der Waals surface area contributed by atoms with Gasteiger partial charge in [0.1, 0.15) is 6.61 Å². The van der Waals surface area contributed by atoms with E-state index >= 15 is 0 Å². The first-order valence-corrected chi connectivity index (χ1v) is 7.41. The predicted molar refractivity (Wildman–Crippen MR) is 84.3 cm³/mol. The zero-order chi connectivity index (χ0) is 14.9. The zero-order valence-corrected chi connectivity index (χ0v) is 12.4. The Kier molecular flexibility index (Phi) is 6.10. The first kappa shape index (κ1) is 15.4. The molecule has 0 heterocycles. The van der Waals surface area contributed by atoms with Crippen LogP contribution in [0.15, 0.2) is 60.7 Å². The van der Waals surface area contributed by atoms with Gasteiger partial charge in [-0.15, -0.1) is 11.6 Å². The monoisotopic (exact) mass is 303 g/mol. The molecule has 21 heavy (non-hydrogen) atoms. The fourth-order valence-electron chi connectivity index (χ4n) is 2.02. The Hall–Kier alpha value is -2.00. The highest BCUT2D eigenvalue weighted by Gasteiger charge is 2.14. The summed E-state index contributed by atoms with van der Waals surface area (Å²) in [6, 6.07) is 19.2. The Morgan fingerprint density at radius 1 is 1.05 bits per heavy atom. The number of alkyl halides is 1. The molecule has 0 unspecified atom stereocenters. The lowest BCUT2D eigenvalue weighted by molar-refractivity contribution is 0.135. The van der Waals surface area contributed by atoms with E-state index in [9.17, 15) is 4.79 Å². The molecule has 3 nitrogen and oxygen atoms in total.